The molecule has 0 radical (unpaired) electrons. The average molecular weight is 667 g/mol. The second-order valence-electron chi connectivity index (χ2n) is 13.5. The Labute approximate surface area is 300 Å². The van der Waals surface area contributed by atoms with Gasteiger partial charge in [-0.05, 0) is 64.7 Å². The molecule has 4 heteroatoms. The molecule has 0 amide bonds. The van der Waals surface area contributed by atoms with Gasteiger partial charge in [-0.25, -0.2) is 4.98 Å². The molecule has 3 heterocycles. The van der Waals surface area contributed by atoms with Gasteiger partial charge >= 0.3 is 5.79 Å². The third-order valence-electron chi connectivity index (χ3n) is 10.5. The van der Waals surface area contributed by atoms with Gasteiger partial charge < -0.3 is 14.0 Å². The van der Waals surface area contributed by atoms with Crippen LogP contribution in [0, 0.1) is 0 Å². The quantitative estimate of drug-likeness (QED) is 0.188. The van der Waals surface area contributed by atoms with E-state index in [1.807, 2.05) is 6.07 Å². The van der Waals surface area contributed by atoms with Crippen LogP contribution in [0.2, 0.25) is 0 Å². The monoisotopic (exact) mass is 666 g/mol. The fourth-order valence-electron chi connectivity index (χ4n) is 8.18. The van der Waals surface area contributed by atoms with E-state index in [1.54, 1.807) is 0 Å². The largest absolute Gasteiger partial charge is 0.440 e. The second kappa shape index (κ2) is 11.0. The first kappa shape index (κ1) is 28.9. The zero-order valence-corrected chi connectivity index (χ0v) is 28.0. The van der Waals surface area contributed by atoms with Crippen molar-refractivity contribution in [3.63, 3.8) is 0 Å². The lowest BCUT2D eigenvalue weighted by Gasteiger charge is -2.25. The van der Waals surface area contributed by atoms with Gasteiger partial charge in [0.2, 0.25) is 0 Å². The summed E-state index contributed by atoms with van der Waals surface area (Å²) in [6.07, 6.45) is 0. The van der Waals surface area contributed by atoms with Gasteiger partial charge in [0.25, 0.3) is 0 Å². The maximum atomic E-state index is 7.11. The van der Waals surface area contributed by atoms with Gasteiger partial charge in [0.05, 0.1) is 27.8 Å². The molecule has 0 atom stereocenters. The van der Waals surface area contributed by atoms with Crippen LogP contribution in [-0.4, -0.2) is 9.55 Å². The first-order valence-corrected chi connectivity index (χ1v) is 17.6. The molecular formula is C48H30N2O2. The highest BCUT2D eigenvalue weighted by Gasteiger charge is 2.52. The Morgan fingerprint density at radius 3 is 1.71 bits per heavy atom. The van der Waals surface area contributed by atoms with E-state index in [4.69, 9.17) is 14.5 Å². The lowest BCUT2D eigenvalue weighted by Crippen LogP contribution is -2.34. The average Bonchev–Trinajstić information content (AvgIpc) is 3.87. The van der Waals surface area contributed by atoms with Crippen molar-refractivity contribution in [2.24, 2.45) is 0 Å². The van der Waals surface area contributed by atoms with Gasteiger partial charge in [-0.3, -0.25) is 0 Å². The molecule has 1 aliphatic carbocycles. The predicted molar refractivity (Wildman–Crippen MR) is 209 cm³/mol. The summed E-state index contributed by atoms with van der Waals surface area (Å²) in [5, 5.41) is 2.16. The number of ether oxygens (including phenoxy) is 2. The Balaban J connectivity index is 1.04. The van der Waals surface area contributed by atoms with Crippen LogP contribution in [0.3, 0.4) is 0 Å². The summed E-state index contributed by atoms with van der Waals surface area (Å²) in [5.74, 6) is 0.482. The summed E-state index contributed by atoms with van der Waals surface area (Å²) >= 11 is 0. The van der Waals surface area contributed by atoms with Crippen LogP contribution in [0.15, 0.2) is 182 Å². The smallest absolute Gasteiger partial charge is 0.306 e. The van der Waals surface area contributed by atoms with Crippen molar-refractivity contribution >= 4 is 21.8 Å². The third-order valence-corrected chi connectivity index (χ3v) is 10.5. The molecule has 11 rings (SSSR count). The molecule has 52 heavy (non-hydrogen) atoms. The molecule has 4 nitrogen and oxygen atoms in total. The number of para-hydroxylation sites is 1. The molecule has 9 aromatic rings. The van der Waals surface area contributed by atoms with Gasteiger partial charge in [-0.2, -0.15) is 0 Å². The third kappa shape index (κ3) is 4.18. The number of hydrogen-bond acceptors (Lipinski definition) is 3. The topological polar surface area (TPSA) is 36.3 Å². The van der Waals surface area contributed by atoms with Crippen LogP contribution in [0.25, 0.3) is 72.3 Å². The molecular weight excluding hydrogens is 637 g/mol. The van der Waals surface area contributed by atoms with E-state index in [0.29, 0.717) is 0 Å². The van der Waals surface area contributed by atoms with Crippen molar-refractivity contribution in [2.45, 2.75) is 5.79 Å². The first-order valence-electron chi connectivity index (χ1n) is 17.6. The van der Waals surface area contributed by atoms with E-state index in [9.17, 15) is 0 Å². The zero-order valence-electron chi connectivity index (χ0n) is 28.0. The minimum Gasteiger partial charge on any atom is -0.440 e. The Bertz CT molecular complexity index is 2740. The number of hydrogen-bond donors (Lipinski definition) is 0. The van der Waals surface area contributed by atoms with Gasteiger partial charge in [0.15, 0.2) is 11.5 Å². The molecule has 1 spiro atoms. The molecule has 0 fully saturated rings. The van der Waals surface area contributed by atoms with E-state index in [0.717, 1.165) is 94.9 Å². The van der Waals surface area contributed by atoms with Crippen LogP contribution in [0.1, 0.15) is 11.1 Å². The normalized spacial score (nSPS) is 13.5. The fraction of sp³-hybridized carbons (Fsp3) is 0.0208. The summed E-state index contributed by atoms with van der Waals surface area (Å²) in [5.41, 5.74) is 13.9. The maximum absolute atomic E-state index is 7.11. The maximum Gasteiger partial charge on any atom is 0.306 e. The Kier molecular flexibility index (Phi) is 6.13. The minimum atomic E-state index is -1.03. The molecule has 0 saturated heterocycles. The van der Waals surface area contributed by atoms with E-state index in [2.05, 4.69) is 180 Å². The second-order valence-corrected chi connectivity index (χ2v) is 13.5. The predicted octanol–water partition coefficient (Wildman–Crippen LogP) is 11.8. The van der Waals surface area contributed by atoms with Gasteiger partial charge in [-0.1, -0.05) is 140 Å². The SMILES string of the molecule is c1ccc(-c2cc(-c3ccccc3)nc(-c3ccc(-n4c5ccccc5c5c6c(ccc54)OC4(O6)c5ccccc5-c5ccccc54)cc3)c2)cc1. The minimum absolute atomic E-state index is 0.746. The van der Waals surface area contributed by atoms with E-state index in [-0.39, 0.29) is 0 Å². The number of aromatic nitrogens is 2. The summed E-state index contributed by atoms with van der Waals surface area (Å²) in [4.78, 5) is 5.16. The van der Waals surface area contributed by atoms with Gasteiger partial charge in [-0.15, -0.1) is 0 Å². The highest BCUT2D eigenvalue weighted by atomic mass is 16.7. The summed E-state index contributed by atoms with van der Waals surface area (Å²) in [7, 11) is 0. The van der Waals surface area contributed by atoms with Gasteiger partial charge in [0, 0.05) is 33.3 Å². The standard InChI is InChI=1S/C48H30N2O2/c1-3-13-31(14-4-1)34-29-41(32-15-5-2-6-16-32)49-42(30-34)33-23-25-35(26-24-33)50-43-22-12-9-19-38(43)46-44(50)27-28-45-47(46)52-48(51-45)39-20-10-7-17-36(39)37-18-8-11-21-40(37)48/h1-30H. The van der Waals surface area contributed by atoms with E-state index in [1.165, 1.54) is 0 Å². The van der Waals surface area contributed by atoms with Crippen molar-refractivity contribution in [2.75, 3.05) is 0 Å². The molecule has 244 valence electrons. The number of nitrogens with zero attached hydrogens (tertiary/aromatic N) is 2. The Hall–Kier alpha value is -6.91. The Morgan fingerprint density at radius 2 is 1.02 bits per heavy atom. The van der Waals surface area contributed by atoms with Crippen LogP contribution < -0.4 is 9.47 Å². The lowest BCUT2D eigenvalue weighted by atomic mass is 10.00. The highest BCUT2D eigenvalue weighted by Crippen LogP contribution is 2.58. The summed E-state index contributed by atoms with van der Waals surface area (Å²) in [6.45, 7) is 0. The van der Waals surface area contributed by atoms with Crippen LogP contribution >= 0.6 is 0 Å². The molecule has 0 N–H and O–H groups in total. The summed E-state index contributed by atoms with van der Waals surface area (Å²) in [6, 6.07) is 63.6. The number of fused-ring (bicyclic) bond motifs is 10. The van der Waals surface area contributed by atoms with E-state index >= 15 is 0 Å². The number of rotatable bonds is 4. The molecule has 0 saturated carbocycles. The zero-order chi connectivity index (χ0) is 34.2. The van der Waals surface area contributed by atoms with Crippen LogP contribution in [0.4, 0.5) is 0 Å². The van der Waals surface area contributed by atoms with E-state index < -0.39 is 5.79 Å². The molecule has 0 bridgehead atoms. The van der Waals surface area contributed by atoms with Crippen molar-refractivity contribution in [3.8, 4) is 62.0 Å². The van der Waals surface area contributed by atoms with Crippen molar-refractivity contribution in [1.29, 1.82) is 0 Å². The van der Waals surface area contributed by atoms with Crippen molar-refractivity contribution in [3.05, 3.63) is 193 Å². The first-order chi connectivity index (χ1) is 25.7. The van der Waals surface area contributed by atoms with Crippen LogP contribution in [-0.2, 0) is 5.79 Å². The highest BCUT2D eigenvalue weighted by molar-refractivity contribution is 6.13. The number of pyridine rings is 1. The van der Waals surface area contributed by atoms with Crippen molar-refractivity contribution in [1.82, 2.24) is 9.55 Å². The lowest BCUT2D eigenvalue weighted by molar-refractivity contribution is -0.0411. The molecule has 0 unspecified atom stereocenters. The molecule has 7 aromatic carbocycles. The molecule has 2 aliphatic rings. The summed E-state index contributed by atoms with van der Waals surface area (Å²) < 4.78 is 16.3. The molecule has 1 aliphatic heterocycles. The fourth-order valence-corrected chi connectivity index (χ4v) is 8.18. The molecule has 2 aromatic heterocycles. The van der Waals surface area contributed by atoms with Crippen LogP contribution in [0.5, 0.6) is 11.5 Å². The number of benzene rings is 7. The Morgan fingerprint density at radius 1 is 0.442 bits per heavy atom. The van der Waals surface area contributed by atoms with Crippen molar-refractivity contribution < 1.29 is 9.47 Å². The van der Waals surface area contributed by atoms with Gasteiger partial charge in [0.1, 0.15) is 0 Å².